The Morgan fingerprint density at radius 1 is 1.06 bits per heavy atom. The first kappa shape index (κ1) is 23.6. The maximum absolute atomic E-state index is 15.6. The lowest BCUT2D eigenvalue weighted by Gasteiger charge is -2.31. The molecule has 2 aromatic heterocycles. The van der Waals surface area contributed by atoms with E-state index in [2.05, 4.69) is 25.8 Å². The molecule has 9 heteroatoms. The summed E-state index contributed by atoms with van der Waals surface area (Å²) in [5.41, 5.74) is 3.51. The second-order valence-electron chi connectivity index (χ2n) is 9.19. The molecule has 0 spiro atoms. The third-order valence-electron chi connectivity index (χ3n) is 7.00. The van der Waals surface area contributed by atoms with Crippen molar-refractivity contribution in [1.82, 2.24) is 30.4 Å². The van der Waals surface area contributed by atoms with Crippen LogP contribution in [0.2, 0.25) is 0 Å². The molecule has 1 saturated heterocycles. The normalized spacial score (nSPS) is 17.5. The Hall–Kier alpha value is -3.14. The Labute approximate surface area is 202 Å². The van der Waals surface area contributed by atoms with Crippen molar-refractivity contribution >= 4 is 10.9 Å². The Morgan fingerprint density at radius 3 is 2.51 bits per heavy atom. The summed E-state index contributed by atoms with van der Waals surface area (Å²) < 4.78 is 30.9. The highest BCUT2D eigenvalue weighted by molar-refractivity contribution is 5.85. The van der Waals surface area contributed by atoms with E-state index in [0.29, 0.717) is 0 Å². The predicted octanol–water partition coefficient (Wildman–Crippen LogP) is 3.98. The van der Waals surface area contributed by atoms with Gasteiger partial charge >= 0.3 is 0 Å². The number of aromatic amines is 1. The molecule has 0 aliphatic carbocycles. The van der Waals surface area contributed by atoms with Crippen LogP contribution in [0, 0.1) is 11.7 Å². The molecule has 0 saturated carbocycles. The lowest BCUT2D eigenvalue weighted by molar-refractivity contribution is 0.153. The molecule has 5 rings (SSSR count). The van der Waals surface area contributed by atoms with Crippen molar-refractivity contribution in [3.8, 4) is 5.69 Å². The molecule has 0 bridgehead atoms. The summed E-state index contributed by atoms with van der Waals surface area (Å²) in [6.07, 6.45) is 6.07. The van der Waals surface area contributed by atoms with E-state index in [9.17, 15) is 9.50 Å². The first-order chi connectivity index (χ1) is 17.1. The fraction of sp³-hybridized carbons (Fsp3) is 0.385. The third kappa shape index (κ3) is 5.27. The SMILES string of the molecule is OCC(N[C@H](CC(F)C1CCNCC1)c1c[nH]c2ccc(-n3cnnc3)cc12)c1ccc(F)cc1. The molecular formula is C26H30F2N6O. The van der Waals surface area contributed by atoms with Crippen LogP contribution in [0.1, 0.15) is 42.5 Å². The number of hydrogen-bond donors (Lipinski definition) is 4. The Bertz CT molecular complexity index is 1220. The number of nitrogens with one attached hydrogen (secondary N) is 3. The zero-order valence-corrected chi connectivity index (χ0v) is 19.4. The first-order valence-corrected chi connectivity index (χ1v) is 12.1. The highest BCUT2D eigenvalue weighted by Crippen LogP contribution is 2.34. The predicted molar refractivity (Wildman–Crippen MR) is 130 cm³/mol. The summed E-state index contributed by atoms with van der Waals surface area (Å²) in [5.74, 6) is -0.341. The molecule has 1 aliphatic rings. The van der Waals surface area contributed by atoms with Crippen molar-refractivity contribution in [2.24, 2.45) is 5.92 Å². The number of fused-ring (bicyclic) bond motifs is 1. The fourth-order valence-electron chi connectivity index (χ4n) is 5.01. The fourth-order valence-corrected chi connectivity index (χ4v) is 5.01. The van der Waals surface area contributed by atoms with Gasteiger partial charge in [-0.25, -0.2) is 8.78 Å². The summed E-state index contributed by atoms with van der Waals surface area (Å²) in [6, 6.07) is 11.2. The number of hydrogen-bond acceptors (Lipinski definition) is 5. The molecular weight excluding hydrogens is 450 g/mol. The second-order valence-corrected chi connectivity index (χ2v) is 9.19. The Balaban J connectivity index is 1.49. The molecule has 184 valence electrons. The Kier molecular flexibility index (Phi) is 7.17. The first-order valence-electron chi connectivity index (χ1n) is 12.1. The topological polar surface area (TPSA) is 90.8 Å². The molecule has 1 fully saturated rings. The molecule has 2 aromatic carbocycles. The molecule has 4 N–H and O–H groups in total. The molecule has 1 aliphatic heterocycles. The van der Waals surface area contributed by atoms with Gasteiger partial charge in [0.2, 0.25) is 0 Å². The minimum atomic E-state index is -0.992. The smallest absolute Gasteiger partial charge is 0.123 e. The number of piperidine rings is 1. The maximum Gasteiger partial charge on any atom is 0.123 e. The van der Waals surface area contributed by atoms with Gasteiger partial charge in [-0.15, -0.1) is 10.2 Å². The average Bonchev–Trinajstić information content (AvgIpc) is 3.58. The van der Waals surface area contributed by atoms with Crippen LogP contribution in [0.3, 0.4) is 0 Å². The summed E-state index contributed by atoms with van der Waals surface area (Å²) >= 11 is 0. The number of H-pyrrole nitrogens is 1. The van der Waals surface area contributed by atoms with Crippen LogP contribution in [0.4, 0.5) is 8.78 Å². The van der Waals surface area contributed by atoms with Gasteiger partial charge in [-0.1, -0.05) is 12.1 Å². The maximum atomic E-state index is 15.6. The minimum absolute atomic E-state index is 0.00302. The van der Waals surface area contributed by atoms with Crippen molar-refractivity contribution in [3.63, 3.8) is 0 Å². The van der Waals surface area contributed by atoms with Crippen molar-refractivity contribution < 1.29 is 13.9 Å². The number of benzene rings is 2. The van der Waals surface area contributed by atoms with E-state index in [1.807, 2.05) is 29.0 Å². The van der Waals surface area contributed by atoms with Gasteiger partial charge in [0, 0.05) is 28.8 Å². The van der Waals surface area contributed by atoms with Crippen LogP contribution in [-0.2, 0) is 0 Å². The van der Waals surface area contributed by atoms with E-state index >= 15 is 4.39 Å². The van der Waals surface area contributed by atoms with Gasteiger partial charge in [0.1, 0.15) is 24.6 Å². The average molecular weight is 481 g/mol. The van der Waals surface area contributed by atoms with Gasteiger partial charge in [0.25, 0.3) is 0 Å². The number of aromatic nitrogens is 4. The summed E-state index contributed by atoms with van der Waals surface area (Å²) in [6.45, 7) is 1.46. The van der Waals surface area contributed by atoms with Gasteiger partial charge in [-0.3, -0.25) is 4.57 Å². The molecule has 0 amide bonds. The Morgan fingerprint density at radius 2 is 1.80 bits per heavy atom. The lowest BCUT2D eigenvalue weighted by atomic mass is 9.87. The molecule has 3 atom stereocenters. The van der Waals surface area contributed by atoms with Gasteiger partial charge in [-0.2, -0.15) is 0 Å². The van der Waals surface area contributed by atoms with Crippen LogP contribution in [0.15, 0.2) is 61.3 Å². The number of aliphatic hydroxyl groups excluding tert-OH is 1. The van der Waals surface area contributed by atoms with Gasteiger partial charge in [-0.05, 0) is 79.7 Å². The van der Waals surface area contributed by atoms with Crippen molar-refractivity contribution in [3.05, 3.63) is 78.3 Å². The van der Waals surface area contributed by atoms with E-state index in [1.165, 1.54) is 12.1 Å². The third-order valence-corrected chi connectivity index (χ3v) is 7.00. The van der Waals surface area contributed by atoms with Gasteiger partial charge in [0.05, 0.1) is 12.6 Å². The summed E-state index contributed by atoms with van der Waals surface area (Å²) in [7, 11) is 0. The molecule has 0 radical (unpaired) electrons. The number of aliphatic hydroxyl groups is 1. The van der Waals surface area contributed by atoms with E-state index in [0.717, 1.165) is 53.6 Å². The molecule has 7 nitrogen and oxygen atoms in total. The number of halogens is 2. The van der Waals surface area contributed by atoms with Crippen LogP contribution < -0.4 is 10.6 Å². The lowest BCUT2D eigenvalue weighted by Crippen LogP contribution is -2.36. The van der Waals surface area contributed by atoms with E-state index in [4.69, 9.17) is 0 Å². The van der Waals surface area contributed by atoms with Crippen molar-refractivity contribution in [1.29, 1.82) is 0 Å². The second kappa shape index (κ2) is 10.6. The van der Waals surface area contributed by atoms with E-state index < -0.39 is 12.2 Å². The molecule has 3 heterocycles. The van der Waals surface area contributed by atoms with Gasteiger partial charge in [0.15, 0.2) is 0 Å². The van der Waals surface area contributed by atoms with Crippen molar-refractivity contribution in [2.45, 2.75) is 37.5 Å². The van der Waals surface area contributed by atoms with Gasteiger partial charge < -0.3 is 20.7 Å². The molecule has 2 unspecified atom stereocenters. The van der Waals surface area contributed by atoms with E-state index in [-0.39, 0.29) is 30.8 Å². The minimum Gasteiger partial charge on any atom is -0.394 e. The number of rotatable bonds is 9. The zero-order chi connectivity index (χ0) is 24.2. The standard InChI is InChI=1S/C26H30F2N6O/c27-19-3-1-18(2-4-19)26(14-35)33-25(12-23(28)17-7-9-29-10-8-17)22-13-30-24-6-5-20(11-21(22)24)34-15-31-32-16-34/h1-6,11,13,15-17,23,25-26,29-30,33,35H,7-10,12,14H2/t23?,25-,26?/m1/s1. The van der Waals surface area contributed by atoms with E-state index in [1.54, 1.807) is 24.8 Å². The van der Waals surface area contributed by atoms with Crippen LogP contribution in [0.25, 0.3) is 16.6 Å². The number of alkyl halides is 1. The zero-order valence-electron chi connectivity index (χ0n) is 19.4. The number of nitrogens with zero attached hydrogens (tertiary/aromatic N) is 3. The van der Waals surface area contributed by atoms with Crippen LogP contribution in [0.5, 0.6) is 0 Å². The highest BCUT2D eigenvalue weighted by atomic mass is 19.1. The van der Waals surface area contributed by atoms with Crippen LogP contribution >= 0.6 is 0 Å². The molecule has 4 aromatic rings. The van der Waals surface area contributed by atoms with Crippen LogP contribution in [-0.4, -0.2) is 50.7 Å². The summed E-state index contributed by atoms with van der Waals surface area (Å²) in [5, 5.41) is 25.7. The highest BCUT2D eigenvalue weighted by Gasteiger charge is 2.29. The van der Waals surface area contributed by atoms with Crippen molar-refractivity contribution in [2.75, 3.05) is 19.7 Å². The molecule has 35 heavy (non-hydrogen) atoms. The summed E-state index contributed by atoms with van der Waals surface area (Å²) in [4.78, 5) is 3.31. The quantitative estimate of drug-likeness (QED) is 0.291. The monoisotopic (exact) mass is 480 g/mol. The largest absolute Gasteiger partial charge is 0.394 e.